The number of ketones is 2. The molecular weight excluding hydrogens is 176 g/mol. The smallest absolute Gasteiger partial charge is 0.173 e. The maximum atomic E-state index is 11.8. The normalized spacial score (nSPS) is 20.4. The maximum Gasteiger partial charge on any atom is 0.173 e. The van der Waals surface area contributed by atoms with Crippen LogP contribution in [-0.4, -0.2) is 11.6 Å². The van der Waals surface area contributed by atoms with Gasteiger partial charge in [-0.05, 0) is 25.3 Å². The van der Waals surface area contributed by atoms with Gasteiger partial charge in [-0.25, -0.2) is 0 Å². The van der Waals surface area contributed by atoms with E-state index in [1.54, 1.807) is 0 Å². The standard InChI is InChI=1S/C12H12O2/c1-8(13)10-7-6-9-4-2-3-5-11(9)12(10)14/h2-5,10H,6-7H2,1H3/t10-/m1/s1. The van der Waals surface area contributed by atoms with Crippen molar-refractivity contribution in [2.75, 3.05) is 0 Å². The summed E-state index contributed by atoms with van der Waals surface area (Å²) in [6.07, 6.45) is 1.51. The summed E-state index contributed by atoms with van der Waals surface area (Å²) >= 11 is 0. The van der Waals surface area contributed by atoms with Crippen molar-refractivity contribution < 1.29 is 9.59 Å². The van der Waals surface area contributed by atoms with Crippen LogP contribution < -0.4 is 0 Å². The summed E-state index contributed by atoms with van der Waals surface area (Å²) in [5.74, 6) is -0.409. The summed E-state index contributed by atoms with van der Waals surface area (Å²) in [7, 11) is 0. The molecule has 0 radical (unpaired) electrons. The van der Waals surface area contributed by atoms with Crippen LogP contribution in [0.15, 0.2) is 24.3 Å². The predicted octanol–water partition coefficient (Wildman–Crippen LogP) is 2.02. The van der Waals surface area contributed by atoms with Gasteiger partial charge in [-0.1, -0.05) is 24.3 Å². The average molecular weight is 188 g/mol. The molecule has 0 fully saturated rings. The summed E-state index contributed by atoms with van der Waals surface area (Å²) in [5.41, 5.74) is 1.81. The molecule has 14 heavy (non-hydrogen) atoms. The lowest BCUT2D eigenvalue weighted by molar-refractivity contribution is -0.119. The Morgan fingerprint density at radius 1 is 1.36 bits per heavy atom. The minimum Gasteiger partial charge on any atom is -0.299 e. The highest BCUT2D eigenvalue weighted by Crippen LogP contribution is 2.25. The van der Waals surface area contributed by atoms with E-state index < -0.39 is 5.92 Å². The van der Waals surface area contributed by atoms with E-state index in [0.29, 0.717) is 6.42 Å². The number of hydrogen-bond donors (Lipinski definition) is 0. The van der Waals surface area contributed by atoms with E-state index >= 15 is 0 Å². The minimum atomic E-state index is -0.398. The van der Waals surface area contributed by atoms with E-state index in [2.05, 4.69) is 0 Å². The van der Waals surface area contributed by atoms with Gasteiger partial charge in [0, 0.05) is 5.56 Å². The first-order chi connectivity index (χ1) is 6.70. The quantitative estimate of drug-likeness (QED) is 0.632. The van der Waals surface area contributed by atoms with Crippen LogP contribution >= 0.6 is 0 Å². The van der Waals surface area contributed by atoms with Crippen molar-refractivity contribution in [3.05, 3.63) is 35.4 Å². The average Bonchev–Trinajstić information content (AvgIpc) is 2.18. The molecule has 2 heteroatoms. The van der Waals surface area contributed by atoms with Crippen LogP contribution in [0.3, 0.4) is 0 Å². The highest BCUT2D eigenvalue weighted by atomic mass is 16.1. The fourth-order valence-electron chi connectivity index (χ4n) is 1.99. The third kappa shape index (κ3) is 1.37. The monoisotopic (exact) mass is 188 g/mol. The first kappa shape index (κ1) is 9.13. The second-order valence-electron chi connectivity index (χ2n) is 3.72. The van der Waals surface area contributed by atoms with Gasteiger partial charge >= 0.3 is 0 Å². The zero-order chi connectivity index (χ0) is 10.1. The Kier molecular flexibility index (Phi) is 2.20. The molecule has 0 heterocycles. The van der Waals surface area contributed by atoms with Crippen molar-refractivity contribution in [2.24, 2.45) is 5.92 Å². The number of Topliss-reactive ketones (excluding diaryl/α,β-unsaturated/α-hetero) is 2. The highest BCUT2D eigenvalue weighted by Gasteiger charge is 2.29. The van der Waals surface area contributed by atoms with Gasteiger partial charge < -0.3 is 0 Å². The van der Waals surface area contributed by atoms with Gasteiger partial charge in [0.1, 0.15) is 5.78 Å². The van der Waals surface area contributed by atoms with Crippen LogP contribution in [0.1, 0.15) is 29.3 Å². The summed E-state index contributed by atoms with van der Waals surface area (Å²) in [6.45, 7) is 1.50. The Morgan fingerprint density at radius 2 is 2.07 bits per heavy atom. The van der Waals surface area contributed by atoms with Gasteiger partial charge in [0.2, 0.25) is 0 Å². The maximum absolute atomic E-state index is 11.8. The fraction of sp³-hybridized carbons (Fsp3) is 0.333. The van der Waals surface area contributed by atoms with Crippen LogP contribution in [0.4, 0.5) is 0 Å². The number of hydrogen-bond acceptors (Lipinski definition) is 2. The molecule has 1 aromatic rings. The Morgan fingerprint density at radius 3 is 2.79 bits per heavy atom. The number of rotatable bonds is 1. The summed E-state index contributed by atoms with van der Waals surface area (Å²) < 4.78 is 0. The molecule has 0 aromatic heterocycles. The summed E-state index contributed by atoms with van der Waals surface area (Å²) in [4.78, 5) is 23.0. The van der Waals surface area contributed by atoms with Crippen molar-refractivity contribution in [3.63, 3.8) is 0 Å². The van der Waals surface area contributed by atoms with Gasteiger partial charge in [0.15, 0.2) is 5.78 Å². The summed E-state index contributed by atoms with van der Waals surface area (Å²) in [6, 6.07) is 7.55. The largest absolute Gasteiger partial charge is 0.299 e. The van der Waals surface area contributed by atoms with Gasteiger partial charge in [0.05, 0.1) is 5.92 Å². The Labute approximate surface area is 82.9 Å². The molecule has 2 nitrogen and oxygen atoms in total. The molecular formula is C12H12O2. The third-order valence-electron chi connectivity index (χ3n) is 2.79. The molecule has 0 saturated heterocycles. The van der Waals surface area contributed by atoms with E-state index in [1.807, 2.05) is 24.3 Å². The Hall–Kier alpha value is -1.44. The Bertz CT molecular complexity index is 393. The first-order valence-electron chi connectivity index (χ1n) is 4.82. The van der Waals surface area contributed by atoms with Crippen LogP contribution in [0.5, 0.6) is 0 Å². The second kappa shape index (κ2) is 3.37. The van der Waals surface area contributed by atoms with Gasteiger partial charge in [0.25, 0.3) is 0 Å². The first-order valence-corrected chi connectivity index (χ1v) is 4.82. The molecule has 0 amide bonds. The molecule has 1 aliphatic rings. The SMILES string of the molecule is CC(=O)[C@H]1CCc2ccccc2C1=O. The molecule has 1 atom stereocenters. The number of aryl methyl sites for hydroxylation is 1. The minimum absolute atomic E-state index is 0.000602. The van der Waals surface area contributed by atoms with Crippen molar-refractivity contribution >= 4 is 11.6 Å². The lowest BCUT2D eigenvalue weighted by atomic mass is 9.81. The number of carbonyl (C=O) groups is 2. The van der Waals surface area contributed by atoms with Crippen LogP contribution in [-0.2, 0) is 11.2 Å². The zero-order valence-electron chi connectivity index (χ0n) is 8.12. The molecule has 1 aromatic carbocycles. The summed E-state index contributed by atoms with van der Waals surface area (Å²) in [5, 5.41) is 0. The van der Waals surface area contributed by atoms with Crippen molar-refractivity contribution in [2.45, 2.75) is 19.8 Å². The van der Waals surface area contributed by atoms with E-state index in [9.17, 15) is 9.59 Å². The third-order valence-corrected chi connectivity index (χ3v) is 2.79. The molecule has 0 unspecified atom stereocenters. The number of fused-ring (bicyclic) bond motifs is 1. The van der Waals surface area contributed by atoms with Gasteiger partial charge in [-0.3, -0.25) is 9.59 Å². The molecule has 0 aliphatic heterocycles. The van der Waals surface area contributed by atoms with E-state index in [0.717, 1.165) is 17.5 Å². The topological polar surface area (TPSA) is 34.1 Å². The molecule has 0 N–H and O–H groups in total. The van der Waals surface area contributed by atoms with Gasteiger partial charge in [-0.15, -0.1) is 0 Å². The lowest BCUT2D eigenvalue weighted by Crippen LogP contribution is -2.27. The molecule has 2 rings (SSSR count). The predicted molar refractivity (Wildman–Crippen MR) is 53.3 cm³/mol. The number of carbonyl (C=O) groups excluding carboxylic acids is 2. The van der Waals surface area contributed by atoms with E-state index in [-0.39, 0.29) is 11.6 Å². The van der Waals surface area contributed by atoms with E-state index in [4.69, 9.17) is 0 Å². The van der Waals surface area contributed by atoms with Gasteiger partial charge in [-0.2, -0.15) is 0 Å². The number of benzene rings is 1. The lowest BCUT2D eigenvalue weighted by Gasteiger charge is -2.20. The Balaban J connectivity index is 2.41. The fourth-order valence-corrected chi connectivity index (χ4v) is 1.99. The van der Waals surface area contributed by atoms with Crippen molar-refractivity contribution in [1.82, 2.24) is 0 Å². The van der Waals surface area contributed by atoms with Crippen LogP contribution in [0, 0.1) is 5.92 Å². The van der Waals surface area contributed by atoms with E-state index in [1.165, 1.54) is 6.92 Å². The molecule has 1 aliphatic carbocycles. The van der Waals surface area contributed by atoms with Crippen molar-refractivity contribution in [1.29, 1.82) is 0 Å². The highest BCUT2D eigenvalue weighted by molar-refractivity contribution is 6.11. The van der Waals surface area contributed by atoms with Crippen LogP contribution in [0.25, 0.3) is 0 Å². The molecule has 0 bridgehead atoms. The molecule has 0 spiro atoms. The second-order valence-corrected chi connectivity index (χ2v) is 3.72. The zero-order valence-corrected chi connectivity index (χ0v) is 8.12. The van der Waals surface area contributed by atoms with Crippen molar-refractivity contribution in [3.8, 4) is 0 Å². The molecule has 0 saturated carbocycles. The van der Waals surface area contributed by atoms with Crippen LogP contribution in [0.2, 0.25) is 0 Å². The molecule has 72 valence electrons.